The van der Waals surface area contributed by atoms with Crippen LogP contribution in [-0.2, 0) is 4.79 Å². The van der Waals surface area contributed by atoms with Crippen molar-refractivity contribution in [1.29, 1.82) is 0 Å². The molecule has 0 radical (unpaired) electrons. The topological polar surface area (TPSA) is 29.1 Å². The third-order valence-corrected chi connectivity index (χ3v) is 2.79. The lowest BCUT2D eigenvalue weighted by Gasteiger charge is -2.47. The molecule has 2 nitrogen and oxygen atoms in total. The Bertz CT molecular complexity index is 219. The molecule has 1 amide bonds. The number of halogens is 2. The van der Waals surface area contributed by atoms with Crippen LogP contribution in [0, 0.1) is 5.41 Å². The predicted molar refractivity (Wildman–Crippen MR) is 38.9 cm³/mol. The standard InChI is InChI=1S/C8H11F2NO/c9-8(10)4-7(5-8)2-1-3-11-6(7)12/h1-5H2,(H,11,12). The fourth-order valence-corrected chi connectivity index (χ4v) is 2.21. The number of alkyl halides is 2. The van der Waals surface area contributed by atoms with Gasteiger partial charge in [-0.2, -0.15) is 0 Å². The highest BCUT2D eigenvalue weighted by atomic mass is 19.3. The Morgan fingerprint density at radius 2 is 2.00 bits per heavy atom. The van der Waals surface area contributed by atoms with Gasteiger partial charge in [-0.15, -0.1) is 0 Å². The Morgan fingerprint density at radius 3 is 2.50 bits per heavy atom. The molecule has 12 heavy (non-hydrogen) atoms. The van der Waals surface area contributed by atoms with Crippen molar-refractivity contribution in [3.63, 3.8) is 0 Å². The quantitative estimate of drug-likeness (QED) is 0.591. The lowest BCUT2D eigenvalue weighted by Crippen LogP contribution is -2.57. The van der Waals surface area contributed by atoms with Crippen molar-refractivity contribution < 1.29 is 13.6 Å². The molecule has 0 atom stereocenters. The van der Waals surface area contributed by atoms with Crippen LogP contribution in [0.1, 0.15) is 25.7 Å². The van der Waals surface area contributed by atoms with Gasteiger partial charge >= 0.3 is 0 Å². The highest BCUT2D eigenvalue weighted by molar-refractivity contribution is 5.84. The number of piperidine rings is 1. The lowest BCUT2D eigenvalue weighted by atomic mass is 9.62. The molecular formula is C8H11F2NO. The van der Waals surface area contributed by atoms with Gasteiger partial charge in [0.05, 0.1) is 5.41 Å². The average molecular weight is 175 g/mol. The van der Waals surface area contributed by atoms with Crippen LogP contribution in [0.4, 0.5) is 8.78 Å². The first kappa shape index (κ1) is 7.95. The van der Waals surface area contributed by atoms with Gasteiger partial charge in [0.25, 0.3) is 0 Å². The summed E-state index contributed by atoms with van der Waals surface area (Å²) in [6.07, 6.45) is 0.980. The zero-order chi connectivity index (χ0) is 8.82. The normalized spacial score (nSPS) is 31.0. The molecule has 4 heteroatoms. The maximum Gasteiger partial charge on any atom is 0.250 e. The van der Waals surface area contributed by atoms with Crippen molar-refractivity contribution in [2.45, 2.75) is 31.6 Å². The summed E-state index contributed by atoms with van der Waals surface area (Å²) in [4.78, 5) is 11.2. The monoisotopic (exact) mass is 175 g/mol. The molecule has 1 N–H and O–H groups in total. The van der Waals surface area contributed by atoms with E-state index in [0.717, 1.165) is 6.42 Å². The zero-order valence-corrected chi connectivity index (χ0v) is 6.70. The molecule has 0 aromatic heterocycles. The molecule has 2 fully saturated rings. The van der Waals surface area contributed by atoms with E-state index in [1.54, 1.807) is 0 Å². The summed E-state index contributed by atoms with van der Waals surface area (Å²) in [5.41, 5.74) is -0.707. The molecule has 2 aliphatic rings. The van der Waals surface area contributed by atoms with Gasteiger partial charge in [0.15, 0.2) is 0 Å². The molecule has 0 unspecified atom stereocenters. The maximum atomic E-state index is 12.6. The van der Waals surface area contributed by atoms with Gasteiger partial charge in [0.1, 0.15) is 0 Å². The molecule has 1 saturated heterocycles. The SMILES string of the molecule is O=C1NCCCC12CC(F)(F)C2. The fourth-order valence-electron chi connectivity index (χ4n) is 2.21. The minimum absolute atomic E-state index is 0.167. The van der Waals surface area contributed by atoms with Crippen LogP contribution in [0.5, 0.6) is 0 Å². The second-order valence-electron chi connectivity index (χ2n) is 3.85. The largest absolute Gasteiger partial charge is 0.356 e. The third-order valence-electron chi connectivity index (χ3n) is 2.79. The number of hydrogen-bond donors (Lipinski definition) is 1. The molecule has 1 saturated carbocycles. The van der Waals surface area contributed by atoms with Crippen molar-refractivity contribution in [3.8, 4) is 0 Å². The average Bonchev–Trinajstić information content (AvgIpc) is 1.91. The summed E-state index contributed by atoms with van der Waals surface area (Å²) in [7, 11) is 0. The summed E-state index contributed by atoms with van der Waals surface area (Å²) in [5.74, 6) is -2.76. The number of carbonyl (C=O) groups is 1. The van der Waals surface area contributed by atoms with Crippen molar-refractivity contribution in [2.24, 2.45) is 5.41 Å². The molecule has 1 spiro atoms. The number of hydrogen-bond acceptors (Lipinski definition) is 1. The lowest BCUT2D eigenvalue weighted by molar-refractivity contribution is -0.184. The highest BCUT2D eigenvalue weighted by Crippen LogP contribution is 2.55. The van der Waals surface area contributed by atoms with Gasteiger partial charge in [0, 0.05) is 19.4 Å². The van der Waals surface area contributed by atoms with E-state index in [-0.39, 0.29) is 18.7 Å². The molecule has 0 aromatic carbocycles. The molecule has 0 aromatic rings. The first-order valence-electron chi connectivity index (χ1n) is 4.20. The van der Waals surface area contributed by atoms with Gasteiger partial charge in [0.2, 0.25) is 11.8 Å². The van der Waals surface area contributed by atoms with Crippen LogP contribution in [0.15, 0.2) is 0 Å². The summed E-state index contributed by atoms with van der Waals surface area (Å²) < 4.78 is 25.1. The van der Waals surface area contributed by atoms with Crippen molar-refractivity contribution in [3.05, 3.63) is 0 Å². The Balaban J connectivity index is 2.08. The van der Waals surface area contributed by atoms with E-state index in [0.29, 0.717) is 13.0 Å². The number of rotatable bonds is 0. The summed E-state index contributed by atoms with van der Waals surface area (Å²) >= 11 is 0. The molecule has 0 bridgehead atoms. The van der Waals surface area contributed by atoms with Gasteiger partial charge in [-0.1, -0.05) is 0 Å². The predicted octanol–water partition coefficient (Wildman–Crippen LogP) is 1.31. The van der Waals surface area contributed by atoms with Crippen molar-refractivity contribution in [2.75, 3.05) is 6.54 Å². The zero-order valence-electron chi connectivity index (χ0n) is 6.70. The molecule has 2 rings (SSSR count). The second kappa shape index (κ2) is 2.18. The first-order chi connectivity index (χ1) is 5.54. The first-order valence-corrected chi connectivity index (χ1v) is 4.20. The van der Waals surface area contributed by atoms with E-state index in [2.05, 4.69) is 5.32 Å². The Hall–Kier alpha value is -0.670. The number of amides is 1. The summed E-state index contributed by atoms with van der Waals surface area (Å²) in [6.45, 7) is 0.645. The summed E-state index contributed by atoms with van der Waals surface area (Å²) in [5, 5.41) is 2.64. The second-order valence-corrected chi connectivity index (χ2v) is 3.85. The van der Waals surface area contributed by atoms with Crippen molar-refractivity contribution in [1.82, 2.24) is 5.32 Å². The van der Waals surface area contributed by atoms with E-state index in [1.165, 1.54) is 0 Å². The molecule has 1 aliphatic heterocycles. The number of nitrogens with one attached hydrogen (secondary N) is 1. The van der Waals surface area contributed by atoms with E-state index in [9.17, 15) is 13.6 Å². The van der Waals surface area contributed by atoms with Crippen LogP contribution >= 0.6 is 0 Å². The van der Waals surface area contributed by atoms with Gasteiger partial charge in [-0.3, -0.25) is 4.79 Å². The molecular weight excluding hydrogens is 164 g/mol. The van der Waals surface area contributed by atoms with E-state index in [1.807, 2.05) is 0 Å². The van der Waals surface area contributed by atoms with Gasteiger partial charge < -0.3 is 5.32 Å². The smallest absolute Gasteiger partial charge is 0.250 e. The Labute approximate surface area is 69.3 Å². The van der Waals surface area contributed by atoms with Crippen LogP contribution in [-0.4, -0.2) is 18.4 Å². The highest BCUT2D eigenvalue weighted by Gasteiger charge is 2.60. The molecule has 68 valence electrons. The Morgan fingerprint density at radius 1 is 1.33 bits per heavy atom. The van der Waals surface area contributed by atoms with E-state index >= 15 is 0 Å². The van der Waals surface area contributed by atoms with Crippen LogP contribution < -0.4 is 5.32 Å². The Kier molecular flexibility index (Phi) is 1.44. The summed E-state index contributed by atoms with van der Waals surface area (Å²) in [6, 6.07) is 0. The minimum Gasteiger partial charge on any atom is -0.356 e. The molecule has 1 aliphatic carbocycles. The van der Waals surface area contributed by atoms with E-state index < -0.39 is 11.3 Å². The van der Waals surface area contributed by atoms with Crippen molar-refractivity contribution >= 4 is 5.91 Å². The third kappa shape index (κ3) is 1.01. The van der Waals surface area contributed by atoms with E-state index in [4.69, 9.17) is 0 Å². The van der Waals surface area contributed by atoms with Crippen LogP contribution in [0.25, 0.3) is 0 Å². The van der Waals surface area contributed by atoms with Gasteiger partial charge in [-0.25, -0.2) is 8.78 Å². The van der Waals surface area contributed by atoms with Gasteiger partial charge in [-0.05, 0) is 12.8 Å². The molecule has 1 heterocycles. The maximum absolute atomic E-state index is 12.6. The minimum atomic E-state index is -2.59. The van der Waals surface area contributed by atoms with Crippen LogP contribution in [0.3, 0.4) is 0 Å². The fraction of sp³-hybridized carbons (Fsp3) is 0.875. The van der Waals surface area contributed by atoms with Crippen LogP contribution in [0.2, 0.25) is 0 Å². The number of carbonyl (C=O) groups excluding carboxylic acids is 1.